The van der Waals surface area contributed by atoms with Crippen LogP contribution in [0.25, 0.3) is 0 Å². The highest BCUT2D eigenvalue weighted by atomic mass is 19.4. The second-order valence-electron chi connectivity index (χ2n) is 5.68. The number of hydrogen-bond donors (Lipinski definition) is 1. The lowest BCUT2D eigenvalue weighted by molar-refractivity contribution is -0.385. The summed E-state index contributed by atoms with van der Waals surface area (Å²) >= 11 is 0. The first-order valence-electron chi connectivity index (χ1n) is 8.05. The zero-order valence-electron chi connectivity index (χ0n) is 15.0. The average Bonchev–Trinajstić information content (AvgIpc) is 2.66. The first-order chi connectivity index (χ1) is 13.6. The van der Waals surface area contributed by atoms with E-state index in [1.807, 2.05) is 5.32 Å². The number of anilines is 1. The fourth-order valence-electron chi connectivity index (χ4n) is 2.38. The molecule has 0 radical (unpaired) electrons. The van der Waals surface area contributed by atoms with Gasteiger partial charge in [0, 0.05) is 17.7 Å². The van der Waals surface area contributed by atoms with Crippen molar-refractivity contribution in [1.29, 1.82) is 0 Å². The van der Waals surface area contributed by atoms with E-state index in [-0.39, 0.29) is 6.42 Å². The van der Waals surface area contributed by atoms with Crippen molar-refractivity contribution in [3.63, 3.8) is 0 Å². The van der Waals surface area contributed by atoms with Crippen LogP contribution >= 0.6 is 0 Å². The fourth-order valence-corrected chi connectivity index (χ4v) is 2.38. The molecule has 154 valence electrons. The first-order valence-corrected chi connectivity index (χ1v) is 8.05. The minimum atomic E-state index is -4.94. The zero-order chi connectivity index (χ0) is 21.6. The van der Waals surface area contributed by atoms with Gasteiger partial charge in [0.2, 0.25) is 0 Å². The number of amides is 1. The molecule has 0 aliphatic carbocycles. The summed E-state index contributed by atoms with van der Waals surface area (Å²) in [5.41, 5.74) is -2.34. The maximum Gasteiger partial charge on any atom is 0.418 e. The Morgan fingerprint density at radius 2 is 1.86 bits per heavy atom. The Morgan fingerprint density at radius 1 is 1.17 bits per heavy atom. The second kappa shape index (κ2) is 9.04. The minimum absolute atomic E-state index is 0.206. The Bertz CT molecular complexity index is 930. The van der Waals surface area contributed by atoms with Crippen LogP contribution < -0.4 is 10.1 Å². The maximum atomic E-state index is 13.1. The number of para-hydroxylation sites is 1. The van der Waals surface area contributed by atoms with Gasteiger partial charge in [0.15, 0.2) is 6.61 Å². The third-order valence-corrected chi connectivity index (χ3v) is 3.69. The molecular weight excluding hydrogens is 397 g/mol. The Labute approximate surface area is 162 Å². The molecule has 0 fully saturated rings. The Kier molecular flexibility index (Phi) is 6.75. The van der Waals surface area contributed by atoms with Gasteiger partial charge in [0.1, 0.15) is 5.75 Å². The van der Waals surface area contributed by atoms with Crippen molar-refractivity contribution in [3.05, 3.63) is 63.7 Å². The highest BCUT2D eigenvalue weighted by Crippen LogP contribution is 2.37. The molecule has 1 amide bonds. The van der Waals surface area contributed by atoms with Crippen molar-refractivity contribution in [2.24, 2.45) is 0 Å². The van der Waals surface area contributed by atoms with Crippen LogP contribution in [0.3, 0.4) is 0 Å². The van der Waals surface area contributed by atoms with Gasteiger partial charge in [-0.3, -0.25) is 19.7 Å². The molecule has 8 nitrogen and oxygen atoms in total. The van der Waals surface area contributed by atoms with Crippen LogP contribution in [-0.2, 0) is 26.9 Å². The SMILES string of the molecule is COc1ccccc1CC(=O)OCC(=O)Nc1ccc([N+](=O)[O-])cc1C(F)(F)F. The number of nitro benzene ring substituents is 1. The van der Waals surface area contributed by atoms with E-state index in [1.165, 1.54) is 7.11 Å². The number of halogens is 3. The number of esters is 1. The number of carbonyl (C=O) groups excluding carboxylic acids is 2. The largest absolute Gasteiger partial charge is 0.496 e. The molecule has 11 heteroatoms. The first kappa shape index (κ1) is 21.7. The van der Waals surface area contributed by atoms with Crippen LogP contribution in [0.5, 0.6) is 5.75 Å². The van der Waals surface area contributed by atoms with Crippen molar-refractivity contribution in [1.82, 2.24) is 0 Å². The molecule has 0 aromatic heterocycles. The molecule has 1 N–H and O–H groups in total. The molecule has 0 saturated carbocycles. The second-order valence-corrected chi connectivity index (χ2v) is 5.68. The number of methoxy groups -OCH3 is 1. The molecule has 0 heterocycles. The van der Waals surface area contributed by atoms with Crippen molar-refractivity contribution >= 4 is 23.3 Å². The van der Waals surface area contributed by atoms with Gasteiger partial charge in [-0.15, -0.1) is 0 Å². The van der Waals surface area contributed by atoms with E-state index >= 15 is 0 Å². The van der Waals surface area contributed by atoms with E-state index in [2.05, 4.69) is 0 Å². The molecule has 2 aromatic rings. The molecule has 0 bridgehead atoms. The number of nitro groups is 1. The normalized spacial score (nSPS) is 10.9. The van der Waals surface area contributed by atoms with Crippen LogP contribution in [0.4, 0.5) is 24.5 Å². The van der Waals surface area contributed by atoms with Crippen LogP contribution in [0, 0.1) is 10.1 Å². The Balaban J connectivity index is 2.02. The summed E-state index contributed by atoms with van der Waals surface area (Å²) in [6.45, 7) is -0.831. The maximum absolute atomic E-state index is 13.1. The summed E-state index contributed by atoms with van der Waals surface area (Å²) in [7, 11) is 1.42. The molecule has 0 aliphatic heterocycles. The number of nitrogens with one attached hydrogen (secondary N) is 1. The molecule has 29 heavy (non-hydrogen) atoms. The van der Waals surface area contributed by atoms with Gasteiger partial charge < -0.3 is 14.8 Å². The number of nitrogens with zero attached hydrogens (tertiary/aromatic N) is 1. The van der Waals surface area contributed by atoms with E-state index in [9.17, 15) is 32.9 Å². The minimum Gasteiger partial charge on any atom is -0.496 e. The zero-order valence-corrected chi connectivity index (χ0v) is 15.0. The molecule has 0 spiro atoms. The summed E-state index contributed by atoms with van der Waals surface area (Å²) in [4.78, 5) is 33.4. The molecule has 0 saturated heterocycles. The van der Waals surface area contributed by atoms with Crippen LogP contribution in [0.15, 0.2) is 42.5 Å². The van der Waals surface area contributed by atoms with Crippen molar-refractivity contribution in [2.75, 3.05) is 19.0 Å². The Hall–Kier alpha value is -3.63. The topological polar surface area (TPSA) is 108 Å². The van der Waals surface area contributed by atoms with Crippen molar-refractivity contribution in [3.8, 4) is 5.75 Å². The molecule has 0 atom stereocenters. The van der Waals surface area contributed by atoms with Gasteiger partial charge >= 0.3 is 12.1 Å². The molecule has 0 aliphatic rings. The standard InChI is InChI=1S/C18H15F3N2O6/c1-28-15-5-3-2-4-11(15)8-17(25)29-10-16(24)22-14-7-6-12(23(26)27)9-13(14)18(19,20)21/h2-7,9H,8,10H2,1H3,(H,22,24). The molecule has 0 unspecified atom stereocenters. The number of hydrogen-bond acceptors (Lipinski definition) is 6. The number of benzene rings is 2. The lowest BCUT2D eigenvalue weighted by Crippen LogP contribution is -2.23. The summed E-state index contributed by atoms with van der Waals surface area (Å²) in [5.74, 6) is -1.38. The number of ether oxygens (including phenoxy) is 2. The third-order valence-electron chi connectivity index (χ3n) is 3.69. The van der Waals surface area contributed by atoms with Crippen LogP contribution in [0.1, 0.15) is 11.1 Å². The quantitative estimate of drug-likeness (QED) is 0.425. The molecule has 2 aromatic carbocycles. The predicted molar refractivity (Wildman–Crippen MR) is 94.4 cm³/mol. The van der Waals surface area contributed by atoms with Crippen LogP contribution in [-0.4, -0.2) is 30.5 Å². The lowest BCUT2D eigenvalue weighted by Gasteiger charge is -2.14. The summed E-state index contributed by atoms with van der Waals surface area (Å²) in [5, 5.41) is 12.6. The van der Waals surface area contributed by atoms with E-state index < -0.39 is 46.5 Å². The Morgan fingerprint density at radius 3 is 2.48 bits per heavy atom. The predicted octanol–water partition coefficient (Wildman–Crippen LogP) is 3.35. The average molecular weight is 412 g/mol. The van der Waals surface area contributed by atoms with E-state index in [4.69, 9.17) is 9.47 Å². The van der Waals surface area contributed by atoms with Gasteiger partial charge in [0.05, 0.1) is 29.7 Å². The monoisotopic (exact) mass is 412 g/mol. The van der Waals surface area contributed by atoms with E-state index in [0.29, 0.717) is 17.4 Å². The lowest BCUT2D eigenvalue weighted by atomic mass is 10.1. The van der Waals surface area contributed by atoms with E-state index in [0.717, 1.165) is 12.1 Å². The van der Waals surface area contributed by atoms with Gasteiger partial charge in [-0.1, -0.05) is 18.2 Å². The summed E-state index contributed by atoms with van der Waals surface area (Å²) in [6.07, 6.45) is -5.14. The van der Waals surface area contributed by atoms with E-state index in [1.54, 1.807) is 24.3 Å². The highest BCUT2D eigenvalue weighted by molar-refractivity contribution is 5.93. The summed E-state index contributed by atoms with van der Waals surface area (Å²) in [6, 6.07) is 8.50. The third kappa shape index (κ3) is 5.92. The van der Waals surface area contributed by atoms with Gasteiger partial charge in [-0.2, -0.15) is 13.2 Å². The van der Waals surface area contributed by atoms with Crippen molar-refractivity contribution in [2.45, 2.75) is 12.6 Å². The smallest absolute Gasteiger partial charge is 0.418 e. The van der Waals surface area contributed by atoms with Gasteiger partial charge in [-0.25, -0.2) is 0 Å². The fraction of sp³-hybridized carbons (Fsp3) is 0.222. The van der Waals surface area contributed by atoms with Crippen molar-refractivity contribution < 1.29 is 37.2 Å². The number of rotatable bonds is 7. The van der Waals surface area contributed by atoms with Gasteiger partial charge in [0.25, 0.3) is 11.6 Å². The molecular formula is C18H15F3N2O6. The summed E-state index contributed by atoms with van der Waals surface area (Å²) < 4.78 is 49.1. The molecule has 2 rings (SSSR count). The highest BCUT2D eigenvalue weighted by Gasteiger charge is 2.35. The number of carbonyl (C=O) groups is 2. The van der Waals surface area contributed by atoms with Crippen LogP contribution in [0.2, 0.25) is 0 Å². The number of alkyl halides is 3. The number of non-ortho nitro benzene ring substituents is 1. The van der Waals surface area contributed by atoms with Gasteiger partial charge in [-0.05, 0) is 12.1 Å².